The molecule has 0 aliphatic heterocycles. The quantitative estimate of drug-likeness (QED) is 0.594. The predicted octanol–water partition coefficient (Wildman–Crippen LogP) is 0.278. The summed E-state index contributed by atoms with van der Waals surface area (Å²) in [7, 11) is 0. The van der Waals surface area contributed by atoms with E-state index in [1.807, 2.05) is 18.8 Å². The van der Waals surface area contributed by atoms with Crippen molar-refractivity contribution in [3.05, 3.63) is 38.1 Å². The summed E-state index contributed by atoms with van der Waals surface area (Å²) in [5, 5.41) is 9.28. The second kappa shape index (κ2) is 3.95. The summed E-state index contributed by atoms with van der Waals surface area (Å²) in [6, 6.07) is 0. The summed E-state index contributed by atoms with van der Waals surface area (Å²) in [5.74, 6) is -0.365. The lowest BCUT2D eigenvalue weighted by Crippen LogP contribution is -2.24. The zero-order chi connectivity index (χ0) is 10.7. The number of rotatable bonds is 2. The second-order valence-electron chi connectivity index (χ2n) is 3.22. The van der Waals surface area contributed by atoms with Gasteiger partial charge in [-0.05, 0) is 13.8 Å². The van der Waals surface area contributed by atoms with E-state index in [1.54, 1.807) is 6.08 Å². The molecule has 0 atom stereocenters. The first kappa shape index (κ1) is 10.3. The maximum absolute atomic E-state index is 11.2. The molecule has 0 aromatic carbocycles. The van der Waals surface area contributed by atoms with Gasteiger partial charge in [-0.1, -0.05) is 11.6 Å². The van der Waals surface area contributed by atoms with Crippen molar-refractivity contribution in [2.45, 2.75) is 20.3 Å². The lowest BCUT2D eigenvalue weighted by molar-refractivity contribution is 0.442. The Morgan fingerprint density at radius 2 is 2.00 bits per heavy atom. The molecular formula is C9H12N2O3. The number of nitrogens with one attached hydrogen (secondary N) is 2. The standard InChI is InChI=1S/C9H12N2O3/c1-5(2)3-4-6-7(12)10-9(14)11-8(6)13/h3H,4H2,1-2H3,(H3,10,11,12,13,14). The van der Waals surface area contributed by atoms with E-state index in [-0.39, 0.29) is 11.4 Å². The normalized spacial score (nSPS) is 9.86. The summed E-state index contributed by atoms with van der Waals surface area (Å²) in [6.45, 7) is 3.77. The number of aromatic hydroxyl groups is 1. The number of hydrogen-bond acceptors (Lipinski definition) is 3. The van der Waals surface area contributed by atoms with Gasteiger partial charge in [0, 0.05) is 6.42 Å². The van der Waals surface area contributed by atoms with Gasteiger partial charge in [-0.2, -0.15) is 0 Å². The largest absolute Gasteiger partial charge is 0.494 e. The monoisotopic (exact) mass is 196 g/mol. The molecule has 76 valence electrons. The first-order chi connectivity index (χ1) is 6.50. The van der Waals surface area contributed by atoms with Crippen molar-refractivity contribution >= 4 is 0 Å². The summed E-state index contributed by atoms with van der Waals surface area (Å²) in [6.07, 6.45) is 2.10. The molecule has 0 saturated heterocycles. The Morgan fingerprint density at radius 1 is 1.36 bits per heavy atom. The van der Waals surface area contributed by atoms with Crippen LogP contribution in [0.3, 0.4) is 0 Å². The Kier molecular flexibility index (Phi) is 2.91. The molecule has 14 heavy (non-hydrogen) atoms. The van der Waals surface area contributed by atoms with Crippen LogP contribution in [0.1, 0.15) is 19.4 Å². The maximum Gasteiger partial charge on any atom is 0.328 e. The molecule has 0 amide bonds. The molecule has 0 unspecified atom stereocenters. The second-order valence-corrected chi connectivity index (χ2v) is 3.22. The smallest absolute Gasteiger partial charge is 0.328 e. The number of aromatic amines is 2. The van der Waals surface area contributed by atoms with Gasteiger partial charge in [0.2, 0.25) is 5.88 Å². The van der Waals surface area contributed by atoms with Gasteiger partial charge in [0.25, 0.3) is 5.56 Å². The summed E-state index contributed by atoms with van der Waals surface area (Å²) >= 11 is 0. The van der Waals surface area contributed by atoms with Crippen LogP contribution in [0, 0.1) is 0 Å². The molecule has 0 saturated carbocycles. The Hall–Kier alpha value is -1.78. The highest BCUT2D eigenvalue weighted by molar-refractivity contribution is 5.23. The lowest BCUT2D eigenvalue weighted by atomic mass is 10.2. The highest BCUT2D eigenvalue weighted by Gasteiger charge is 2.05. The van der Waals surface area contributed by atoms with Crippen LogP contribution in [0.5, 0.6) is 5.88 Å². The molecule has 0 aliphatic rings. The molecule has 0 radical (unpaired) electrons. The van der Waals surface area contributed by atoms with Crippen LogP contribution in [0.25, 0.3) is 0 Å². The van der Waals surface area contributed by atoms with Crippen molar-refractivity contribution in [2.24, 2.45) is 0 Å². The van der Waals surface area contributed by atoms with Crippen molar-refractivity contribution in [3.8, 4) is 5.88 Å². The van der Waals surface area contributed by atoms with Crippen LogP contribution in [-0.2, 0) is 6.42 Å². The Balaban J connectivity index is 3.16. The third kappa shape index (κ3) is 2.35. The van der Waals surface area contributed by atoms with Gasteiger partial charge in [0.1, 0.15) is 0 Å². The molecule has 0 aliphatic carbocycles. The van der Waals surface area contributed by atoms with E-state index >= 15 is 0 Å². The molecule has 1 aromatic heterocycles. The number of hydrogen-bond donors (Lipinski definition) is 3. The summed E-state index contributed by atoms with van der Waals surface area (Å²) < 4.78 is 0. The molecule has 3 N–H and O–H groups in total. The third-order valence-electron chi connectivity index (χ3n) is 1.73. The van der Waals surface area contributed by atoms with Crippen molar-refractivity contribution in [1.29, 1.82) is 0 Å². The zero-order valence-corrected chi connectivity index (χ0v) is 8.05. The van der Waals surface area contributed by atoms with Crippen LogP contribution >= 0.6 is 0 Å². The fraction of sp³-hybridized carbons (Fsp3) is 0.333. The van der Waals surface area contributed by atoms with Gasteiger partial charge in [0.05, 0.1) is 5.56 Å². The summed E-state index contributed by atoms with van der Waals surface area (Å²) in [5.41, 5.74) is -0.0435. The van der Waals surface area contributed by atoms with E-state index in [0.29, 0.717) is 6.42 Å². The first-order valence-corrected chi connectivity index (χ1v) is 4.18. The van der Waals surface area contributed by atoms with Crippen LogP contribution < -0.4 is 11.2 Å². The average Bonchev–Trinajstić information content (AvgIpc) is 2.01. The van der Waals surface area contributed by atoms with Gasteiger partial charge in [0.15, 0.2) is 0 Å². The van der Waals surface area contributed by atoms with Gasteiger partial charge in [-0.15, -0.1) is 0 Å². The van der Waals surface area contributed by atoms with Crippen molar-refractivity contribution < 1.29 is 5.11 Å². The minimum Gasteiger partial charge on any atom is -0.494 e. The van der Waals surface area contributed by atoms with Crippen molar-refractivity contribution in [2.75, 3.05) is 0 Å². The fourth-order valence-corrected chi connectivity index (χ4v) is 0.996. The molecular weight excluding hydrogens is 184 g/mol. The minimum atomic E-state index is -0.701. The van der Waals surface area contributed by atoms with Crippen LogP contribution in [0.15, 0.2) is 21.2 Å². The molecule has 1 rings (SSSR count). The number of aromatic nitrogens is 2. The molecule has 1 heterocycles. The molecule has 0 bridgehead atoms. The van der Waals surface area contributed by atoms with E-state index in [2.05, 4.69) is 4.98 Å². The molecule has 5 heteroatoms. The van der Waals surface area contributed by atoms with E-state index in [0.717, 1.165) is 5.57 Å². The Bertz CT molecular complexity index is 464. The highest BCUT2D eigenvalue weighted by Crippen LogP contribution is 2.07. The number of allylic oxidation sites excluding steroid dienone is 2. The highest BCUT2D eigenvalue weighted by atomic mass is 16.3. The molecule has 1 aromatic rings. The average molecular weight is 196 g/mol. The van der Waals surface area contributed by atoms with Crippen LogP contribution in [-0.4, -0.2) is 15.1 Å². The first-order valence-electron chi connectivity index (χ1n) is 4.18. The molecule has 5 nitrogen and oxygen atoms in total. The maximum atomic E-state index is 11.2. The predicted molar refractivity (Wildman–Crippen MR) is 52.5 cm³/mol. The van der Waals surface area contributed by atoms with E-state index < -0.39 is 11.2 Å². The third-order valence-corrected chi connectivity index (χ3v) is 1.73. The van der Waals surface area contributed by atoms with Gasteiger partial charge in [-0.3, -0.25) is 14.8 Å². The Labute approximate surface area is 80.1 Å². The van der Waals surface area contributed by atoms with Gasteiger partial charge in [-0.25, -0.2) is 4.79 Å². The fourth-order valence-electron chi connectivity index (χ4n) is 0.996. The summed E-state index contributed by atoms with van der Waals surface area (Å²) in [4.78, 5) is 26.1. The van der Waals surface area contributed by atoms with Gasteiger partial charge >= 0.3 is 5.69 Å². The van der Waals surface area contributed by atoms with E-state index in [1.165, 1.54) is 0 Å². The Morgan fingerprint density at radius 3 is 2.50 bits per heavy atom. The number of H-pyrrole nitrogens is 2. The minimum absolute atomic E-state index is 0.172. The van der Waals surface area contributed by atoms with Crippen LogP contribution in [0.2, 0.25) is 0 Å². The van der Waals surface area contributed by atoms with Crippen LogP contribution in [0.4, 0.5) is 0 Å². The molecule has 0 spiro atoms. The van der Waals surface area contributed by atoms with E-state index in [4.69, 9.17) is 0 Å². The van der Waals surface area contributed by atoms with Gasteiger partial charge < -0.3 is 5.11 Å². The van der Waals surface area contributed by atoms with Crippen molar-refractivity contribution in [1.82, 2.24) is 9.97 Å². The lowest BCUT2D eigenvalue weighted by Gasteiger charge is -1.98. The molecule has 0 fully saturated rings. The van der Waals surface area contributed by atoms with Crippen molar-refractivity contribution in [3.63, 3.8) is 0 Å². The van der Waals surface area contributed by atoms with E-state index in [9.17, 15) is 14.7 Å². The zero-order valence-electron chi connectivity index (χ0n) is 8.05. The SMILES string of the molecule is CC(C)=CCc1c(O)[nH]c(=O)[nH]c1=O. The topological polar surface area (TPSA) is 85.9 Å².